The number of primary amides is 1. The molecule has 1 amide bonds. The van der Waals surface area contributed by atoms with E-state index >= 15 is 0 Å². The molecular weight excluding hydrogens is 331 g/mol. The van der Waals surface area contributed by atoms with Gasteiger partial charge in [0.1, 0.15) is 0 Å². The van der Waals surface area contributed by atoms with Gasteiger partial charge >= 0.3 is 0 Å². The van der Waals surface area contributed by atoms with E-state index in [1.807, 2.05) is 13.0 Å². The first-order chi connectivity index (χ1) is 9.88. The minimum absolute atomic E-state index is 0.0507. The maximum absolute atomic E-state index is 11.1. The van der Waals surface area contributed by atoms with Gasteiger partial charge in [-0.05, 0) is 42.8 Å². The third-order valence-corrected chi connectivity index (χ3v) is 3.92. The average Bonchev–Trinajstić information content (AvgIpc) is 2.37. The molecule has 21 heavy (non-hydrogen) atoms. The van der Waals surface area contributed by atoms with Crippen molar-refractivity contribution in [2.75, 3.05) is 5.32 Å². The normalized spacial score (nSPS) is 12.0. The van der Waals surface area contributed by atoms with E-state index in [1.165, 1.54) is 0 Å². The number of hydrogen-bond donors (Lipinski definition) is 2. The Labute approximate surface area is 138 Å². The standard InChI is InChI=1S/C15H13Cl3N2O/c1-8(11-4-2-9(16)6-13(11)17)20-10-3-5-12(15(19)21)14(18)7-10/h2-8,20H,1H3,(H2,19,21). The molecule has 0 heterocycles. The summed E-state index contributed by atoms with van der Waals surface area (Å²) in [5.74, 6) is -0.555. The SMILES string of the molecule is CC(Nc1ccc(C(N)=O)c(Cl)c1)c1ccc(Cl)cc1Cl. The largest absolute Gasteiger partial charge is 0.378 e. The van der Waals surface area contributed by atoms with Crippen molar-refractivity contribution in [2.45, 2.75) is 13.0 Å². The summed E-state index contributed by atoms with van der Waals surface area (Å²) >= 11 is 18.1. The molecule has 0 bridgehead atoms. The zero-order valence-electron chi connectivity index (χ0n) is 11.2. The van der Waals surface area contributed by atoms with Gasteiger partial charge in [0.05, 0.1) is 10.6 Å². The van der Waals surface area contributed by atoms with Gasteiger partial charge in [0.25, 0.3) is 0 Å². The molecule has 0 aliphatic carbocycles. The zero-order valence-corrected chi connectivity index (χ0v) is 13.4. The summed E-state index contributed by atoms with van der Waals surface area (Å²) in [6.45, 7) is 1.96. The first-order valence-corrected chi connectivity index (χ1v) is 7.32. The van der Waals surface area contributed by atoms with Crippen LogP contribution in [0.5, 0.6) is 0 Å². The maximum atomic E-state index is 11.1. The average molecular weight is 344 g/mol. The second kappa shape index (κ2) is 6.56. The van der Waals surface area contributed by atoms with Crippen LogP contribution < -0.4 is 11.1 Å². The van der Waals surface area contributed by atoms with Crippen LogP contribution in [-0.4, -0.2) is 5.91 Å². The van der Waals surface area contributed by atoms with Gasteiger partial charge in [-0.3, -0.25) is 4.79 Å². The second-order valence-electron chi connectivity index (χ2n) is 4.59. The fraction of sp³-hybridized carbons (Fsp3) is 0.133. The van der Waals surface area contributed by atoms with Crippen molar-refractivity contribution in [2.24, 2.45) is 5.73 Å². The highest BCUT2D eigenvalue weighted by Crippen LogP contribution is 2.29. The van der Waals surface area contributed by atoms with Crippen LogP contribution in [0.15, 0.2) is 36.4 Å². The molecule has 2 aromatic carbocycles. The topological polar surface area (TPSA) is 55.1 Å². The number of halogens is 3. The zero-order chi connectivity index (χ0) is 15.6. The van der Waals surface area contributed by atoms with Crippen LogP contribution in [-0.2, 0) is 0 Å². The number of rotatable bonds is 4. The highest BCUT2D eigenvalue weighted by atomic mass is 35.5. The minimum atomic E-state index is -0.555. The van der Waals surface area contributed by atoms with Crippen molar-refractivity contribution in [3.63, 3.8) is 0 Å². The molecule has 1 atom stereocenters. The van der Waals surface area contributed by atoms with Crippen molar-refractivity contribution in [3.8, 4) is 0 Å². The van der Waals surface area contributed by atoms with Crippen LogP contribution in [0.25, 0.3) is 0 Å². The summed E-state index contributed by atoms with van der Waals surface area (Å²) in [7, 11) is 0. The fourth-order valence-corrected chi connectivity index (χ4v) is 2.83. The Kier molecular flexibility index (Phi) is 4.99. The van der Waals surface area contributed by atoms with E-state index < -0.39 is 5.91 Å². The predicted molar refractivity (Wildman–Crippen MR) is 88.5 cm³/mol. The molecule has 3 N–H and O–H groups in total. The summed E-state index contributed by atoms with van der Waals surface area (Å²) in [6, 6.07) is 10.3. The van der Waals surface area contributed by atoms with Crippen molar-refractivity contribution in [1.29, 1.82) is 0 Å². The monoisotopic (exact) mass is 342 g/mol. The molecule has 0 aromatic heterocycles. The maximum Gasteiger partial charge on any atom is 0.250 e. The highest BCUT2D eigenvalue weighted by Gasteiger charge is 2.12. The lowest BCUT2D eigenvalue weighted by molar-refractivity contribution is 0.100. The van der Waals surface area contributed by atoms with E-state index in [0.29, 0.717) is 20.6 Å². The molecule has 0 aliphatic heterocycles. The Hall–Kier alpha value is -1.42. The number of nitrogens with one attached hydrogen (secondary N) is 1. The molecular formula is C15H13Cl3N2O. The summed E-state index contributed by atoms with van der Waals surface area (Å²) in [5, 5.41) is 4.74. The lowest BCUT2D eigenvalue weighted by atomic mass is 10.1. The van der Waals surface area contributed by atoms with Gasteiger partial charge in [0.15, 0.2) is 0 Å². The van der Waals surface area contributed by atoms with E-state index in [0.717, 1.165) is 11.3 Å². The summed E-state index contributed by atoms with van der Waals surface area (Å²) < 4.78 is 0. The van der Waals surface area contributed by atoms with E-state index in [4.69, 9.17) is 40.5 Å². The number of carbonyl (C=O) groups is 1. The minimum Gasteiger partial charge on any atom is -0.378 e. The van der Waals surface area contributed by atoms with Crippen LogP contribution in [0, 0.1) is 0 Å². The molecule has 6 heteroatoms. The number of amides is 1. The molecule has 0 aliphatic rings. The Morgan fingerprint density at radius 2 is 1.81 bits per heavy atom. The Morgan fingerprint density at radius 1 is 1.10 bits per heavy atom. The Morgan fingerprint density at radius 3 is 2.38 bits per heavy atom. The molecule has 0 spiro atoms. The quantitative estimate of drug-likeness (QED) is 0.828. The fourth-order valence-electron chi connectivity index (χ4n) is 1.99. The lowest BCUT2D eigenvalue weighted by Gasteiger charge is -2.17. The molecule has 3 nitrogen and oxygen atoms in total. The summed E-state index contributed by atoms with van der Waals surface area (Å²) in [4.78, 5) is 11.1. The number of carbonyl (C=O) groups excluding carboxylic acids is 1. The molecule has 2 aromatic rings. The van der Waals surface area contributed by atoms with Crippen LogP contribution in [0.3, 0.4) is 0 Å². The molecule has 0 radical (unpaired) electrons. The smallest absolute Gasteiger partial charge is 0.250 e. The van der Waals surface area contributed by atoms with E-state index in [2.05, 4.69) is 5.32 Å². The molecule has 0 saturated carbocycles. The number of hydrogen-bond acceptors (Lipinski definition) is 2. The summed E-state index contributed by atoms with van der Waals surface area (Å²) in [6.07, 6.45) is 0. The highest BCUT2D eigenvalue weighted by molar-refractivity contribution is 6.35. The van der Waals surface area contributed by atoms with Crippen LogP contribution in [0.2, 0.25) is 15.1 Å². The summed E-state index contributed by atoms with van der Waals surface area (Å²) in [5.41, 5.74) is 7.19. The van der Waals surface area contributed by atoms with Crippen molar-refractivity contribution in [3.05, 3.63) is 62.6 Å². The second-order valence-corrected chi connectivity index (χ2v) is 5.84. The van der Waals surface area contributed by atoms with Crippen molar-refractivity contribution in [1.82, 2.24) is 0 Å². The molecule has 110 valence electrons. The molecule has 2 rings (SSSR count). The molecule has 0 saturated heterocycles. The van der Waals surface area contributed by atoms with Gasteiger partial charge in [0, 0.05) is 21.8 Å². The Balaban J connectivity index is 2.21. The van der Waals surface area contributed by atoms with Crippen LogP contribution >= 0.6 is 34.8 Å². The van der Waals surface area contributed by atoms with Crippen molar-refractivity contribution >= 4 is 46.4 Å². The van der Waals surface area contributed by atoms with Crippen molar-refractivity contribution < 1.29 is 4.79 Å². The third kappa shape index (κ3) is 3.82. The van der Waals surface area contributed by atoms with Crippen LogP contribution in [0.1, 0.15) is 28.9 Å². The molecule has 1 unspecified atom stereocenters. The van der Waals surface area contributed by atoms with Gasteiger partial charge in [-0.1, -0.05) is 40.9 Å². The molecule has 0 fully saturated rings. The third-order valence-electron chi connectivity index (χ3n) is 3.05. The van der Waals surface area contributed by atoms with Crippen LogP contribution in [0.4, 0.5) is 5.69 Å². The van der Waals surface area contributed by atoms with Gasteiger partial charge in [-0.2, -0.15) is 0 Å². The van der Waals surface area contributed by atoms with Gasteiger partial charge < -0.3 is 11.1 Å². The van der Waals surface area contributed by atoms with E-state index in [-0.39, 0.29) is 6.04 Å². The Bertz CT molecular complexity index is 689. The van der Waals surface area contributed by atoms with E-state index in [9.17, 15) is 4.79 Å². The van der Waals surface area contributed by atoms with Gasteiger partial charge in [-0.25, -0.2) is 0 Å². The predicted octanol–water partition coefficient (Wildman–Crippen LogP) is 4.92. The lowest BCUT2D eigenvalue weighted by Crippen LogP contribution is -2.12. The van der Waals surface area contributed by atoms with Gasteiger partial charge in [0.2, 0.25) is 5.91 Å². The first kappa shape index (κ1) is 16.0. The first-order valence-electron chi connectivity index (χ1n) is 6.19. The van der Waals surface area contributed by atoms with E-state index in [1.54, 1.807) is 30.3 Å². The number of anilines is 1. The number of nitrogens with two attached hydrogens (primary N) is 1. The van der Waals surface area contributed by atoms with Gasteiger partial charge in [-0.15, -0.1) is 0 Å². The number of benzene rings is 2.